The van der Waals surface area contributed by atoms with Gasteiger partial charge in [0.1, 0.15) is 17.0 Å². The van der Waals surface area contributed by atoms with E-state index in [-0.39, 0.29) is 5.75 Å². The second-order valence-corrected chi connectivity index (χ2v) is 8.21. The molecular formula is C25H28N4O. The predicted octanol–water partition coefficient (Wildman–Crippen LogP) is 5.75. The van der Waals surface area contributed by atoms with Crippen molar-refractivity contribution in [2.45, 2.75) is 45.6 Å². The number of aryl methyl sites for hydroxylation is 1. The molecule has 1 saturated heterocycles. The van der Waals surface area contributed by atoms with Crippen molar-refractivity contribution in [1.29, 1.82) is 0 Å². The molecule has 2 aromatic carbocycles. The zero-order chi connectivity index (χ0) is 20.5. The number of fused-ring (bicyclic) bond motifs is 2. The standard InChI is InChI=1S/C25H28N4O/c1-2-3-16-29-22-17-19(28-14-5-4-6-15-28)11-13-20(22)27-25(29)21-12-10-18-8-7-9-23(30)24(18)26-21/h7-13,17,30H,2-6,14-16H2,1H3. The van der Waals surface area contributed by atoms with Crippen molar-refractivity contribution < 1.29 is 5.11 Å². The number of para-hydroxylation sites is 1. The normalized spacial score (nSPS) is 14.6. The molecule has 1 fully saturated rings. The summed E-state index contributed by atoms with van der Waals surface area (Å²) in [6.07, 6.45) is 6.08. The van der Waals surface area contributed by atoms with Gasteiger partial charge in [-0.2, -0.15) is 0 Å². The molecule has 0 amide bonds. The zero-order valence-corrected chi connectivity index (χ0v) is 17.5. The van der Waals surface area contributed by atoms with Gasteiger partial charge in [0.15, 0.2) is 5.82 Å². The molecule has 154 valence electrons. The summed E-state index contributed by atoms with van der Waals surface area (Å²) in [5, 5.41) is 11.2. The smallest absolute Gasteiger partial charge is 0.159 e. The molecule has 1 aliphatic heterocycles. The van der Waals surface area contributed by atoms with Crippen molar-refractivity contribution in [3.05, 3.63) is 48.5 Å². The highest BCUT2D eigenvalue weighted by molar-refractivity contribution is 5.88. The number of phenolic OH excluding ortho intramolecular Hbond substituents is 1. The molecule has 0 aliphatic carbocycles. The summed E-state index contributed by atoms with van der Waals surface area (Å²) in [6, 6.07) is 16.2. The van der Waals surface area contributed by atoms with Crippen LogP contribution >= 0.6 is 0 Å². The van der Waals surface area contributed by atoms with Gasteiger partial charge in [-0.05, 0) is 56.0 Å². The maximum Gasteiger partial charge on any atom is 0.159 e. The topological polar surface area (TPSA) is 54.2 Å². The van der Waals surface area contributed by atoms with Crippen LogP contribution in [0.1, 0.15) is 39.0 Å². The van der Waals surface area contributed by atoms with E-state index >= 15 is 0 Å². The quantitative estimate of drug-likeness (QED) is 0.464. The van der Waals surface area contributed by atoms with Gasteiger partial charge < -0.3 is 14.6 Å². The van der Waals surface area contributed by atoms with E-state index in [2.05, 4.69) is 34.6 Å². The number of aromatic nitrogens is 3. The molecule has 2 aromatic heterocycles. The number of piperidine rings is 1. The molecule has 0 atom stereocenters. The molecule has 5 heteroatoms. The number of hydrogen-bond acceptors (Lipinski definition) is 4. The number of aromatic hydroxyl groups is 1. The summed E-state index contributed by atoms with van der Waals surface area (Å²) in [7, 11) is 0. The highest BCUT2D eigenvalue weighted by Gasteiger charge is 2.17. The molecule has 0 unspecified atom stereocenters. The number of imidazole rings is 1. The van der Waals surface area contributed by atoms with Crippen LogP contribution in [0.25, 0.3) is 33.5 Å². The highest BCUT2D eigenvalue weighted by Crippen LogP contribution is 2.31. The minimum Gasteiger partial charge on any atom is -0.506 e. The third-order valence-corrected chi connectivity index (χ3v) is 6.12. The highest BCUT2D eigenvalue weighted by atomic mass is 16.3. The van der Waals surface area contributed by atoms with Gasteiger partial charge in [0.2, 0.25) is 0 Å². The Kier molecular flexibility index (Phi) is 5.03. The lowest BCUT2D eigenvalue weighted by Gasteiger charge is -2.28. The van der Waals surface area contributed by atoms with Gasteiger partial charge in [0.05, 0.1) is 11.0 Å². The third-order valence-electron chi connectivity index (χ3n) is 6.12. The fourth-order valence-corrected chi connectivity index (χ4v) is 4.45. The van der Waals surface area contributed by atoms with Crippen LogP contribution in [0.5, 0.6) is 5.75 Å². The maximum atomic E-state index is 10.3. The lowest BCUT2D eigenvalue weighted by Crippen LogP contribution is -2.29. The monoisotopic (exact) mass is 400 g/mol. The Bertz CT molecular complexity index is 1190. The number of rotatable bonds is 5. The zero-order valence-electron chi connectivity index (χ0n) is 17.5. The summed E-state index contributed by atoms with van der Waals surface area (Å²) in [4.78, 5) is 12.2. The molecule has 1 N–H and O–H groups in total. The average Bonchev–Trinajstić information content (AvgIpc) is 3.16. The van der Waals surface area contributed by atoms with Crippen LogP contribution in [0, 0.1) is 0 Å². The predicted molar refractivity (Wildman–Crippen MR) is 123 cm³/mol. The number of phenols is 1. The van der Waals surface area contributed by atoms with E-state index in [1.54, 1.807) is 6.07 Å². The SMILES string of the molecule is CCCCn1c(-c2ccc3cccc(O)c3n2)nc2ccc(N3CCCCC3)cc21. The van der Waals surface area contributed by atoms with Gasteiger partial charge in [-0.25, -0.2) is 9.97 Å². The van der Waals surface area contributed by atoms with E-state index in [1.165, 1.54) is 30.5 Å². The summed E-state index contributed by atoms with van der Waals surface area (Å²) in [5.41, 5.74) is 4.88. The first kappa shape index (κ1) is 18.9. The minimum atomic E-state index is 0.206. The molecule has 1 aliphatic rings. The van der Waals surface area contributed by atoms with Crippen LogP contribution in [0.3, 0.4) is 0 Å². The Morgan fingerprint density at radius 2 is 1.83 bits per heavy atom. The average molecular weight is 401 g/mol. The number of benzene rings is 2. The van der Waals surface area contributed by atoms with Gasteiger partial charge in [-0.3, -0.25) is 0 Å². The van der Waals surface area contributed by atoms with Gasteiger partial charge in [-0.15, -0.1) is 0 Å². The fraction of sp³-hybridized carbons (Fsp3) is 0.360. The summed E-state index contributed by atoms with van der Waals surface area (Å²) >= 11 is 0. The van der Waals surface area contributed by atoms with E-state index in [0.29, 0.717) is 5.52 Å². The second kappa shape index (κ2) is 7.98. The van der Waals surface area contributed by atoms with Gasteiger partial charge in [0, 0.05) is 30.7 Å². The van der Waals surface area contributed by atoms with Crippen LogP contribution in [0.15, 0.2) is 48.5 Å². The molecule has 3 heterocycles. The first-order valence-corrected chi connectivity index (χ1v) is 11.1. The van der Waals surface area contributed by atoms with E-state index < -0.39 is 0 Å². The molecule has 4 aromatic rings. The number of unbranched alkanes of at least 4 members (excludes halogenated alkanes) is 1. The first-order chi connectivity index (χ1) is 14.7. The Hall–Kier alpha value is -3.08. The summed E-state index contributed by atoms with van der Waals surface area (Å²) in [6.45, 7) is 5.39. The lowest BCUT2D eigenvalue weighted by molar-refractivity contribution is 0.480. The minimum absolute atomic E-state index is 0.206. The molecular weight excluding hydrogens is 372 g/mol. The second-order valence-electron chi connectivity index (χ2n) is 8.21. The Balaban J connectivity index is 1.64. The first-order valence-electron chi connectivity index (χ1n) is 11.1. The van der Waals surface area contributed by atoms with E-state index in [0.717, 1.165) is 54.9 Å². The molecule has 0 spiro atoms. The van der Waals surface area contributed by atoms with Gasteiger partial charge >= 0.3 is 0 Å². The van der Waals surface area contributed by atoms with Crippen LogP contribution in [0.4, 0.5) is 5.69 Å². The van der Waals surface area contributed by atoms with Crippen molar-refractivity contribution in [2.24, 2.45) is 0 Å². The van der Waals surface area contributed by atoms with Crippen molar-refractivity contribution in [2.75, 3.05) is 18.0 Å². The van der Waals surface area contributed by atoms with E-state index in [9.17, 15) is 5.11 Å². The Morgan fingerprint density at radius 1 is 0.967 bits per heavy atom. The van der Waals surface area contributed by atoms with Crippen LogP contribution in [0.2, 0.25) is 0 Å². The van der Waals surface area contributed by atoms with Gasteiger partial charge in [-0.1, -0.05) is 31.5 Å². The number of nitrogens with zero attached hydrogens (tertiary/aromatic N) is 4. The van der Waals surface area contributed by atoms with E-state index in [4.69, 9.17) is 9.97 Å². The molecule has 0 bridgehead atoms. The Labute approximate surface area is 177 Å². The van der Waals surface area contributed by atoms with Gasteiger partial charge in [0.25, 0.3) is 0 Å². The summed E-state index contributed by atoms with van der Waals surface area (Å²) < 4.78 is 2.31. The molecule has 5 nitrogen and oxygen atoms in total. The molecule has 5 rings (SSSR count). The number of pyridine rings is 1. The Morgan fingerprint density at radius 3 is 2.67 bits per heavy atom. The molecule has 30 heavy (non-hydrogen) atoms. The molecule has 0 radical (unpaired) electrons. The largest absolute Gasteiger partial charge is 0.506 e. The number of hydrogen-bond donors (Lipinski definition) is 1. The van der Waals surface area contributed by atoms with Crippen molar-refractivity contribution in [3.8, 4) is 17.3 Å². The van der Waals surface area contributed by atoms with Crippen molar-refractivity contribution in [3.63, 3.8) is 0 Å². The maximum absolute atomic E-state index is 10.3. The van der Waals surface area contributed by atoms with Crippen LogP contribution in [-0.2, 0) is 6.54 Å². The molecule has 0 saturated carbocycles. The summed E-state index contributed by atoms with van der Waals surface area (Å²) in [5.74, 6) is 1.08. The lowest BCUT2D eigenvalue weighted by atomic mass is 10.1. The van der Waals surface area contributed by atoms with E-state index in [1.807, 2.05) is 24.3 Å². The fourth-order valence-electron chi connectivity index (χ4n) is 4.45. The van der Waals surface area contributed by atoms with Crippen LogP contribution < -0.4 is 4.90 Å². The van der Waals surface area contributed by atoms with Crippen molar-refractivity contribution in [1.82, 2.24) is 14.5 Å². The van der Waals surface area contributed by atoms with Crippen molar-refractivity contribution >= 4 is 27.6 Å². The third kappa shape index (κ3) is 3.38. The van der Waals surface area contributed by atoms with Crippen LogP contribution in [-0.4, -0.2) is 32.7 Å². The number of anilines is 1.